The van der Waals surface area contributed by atoms with E-state index in [0.717, 1.165) is 29.9 Å². The van der Waals surface area contributed by atoms with Crippen LogP contribution in [0.3, 0.4) is 0 Å². The second-order valence-corrected chi connectivity index (χ2v) is 5.53. The van der Waals surface area contributed by atoms with Gasteiger partial charge in [-0.3, -0.25) is 14.7 Å². The number of aromatic nitrogens is 3. The molecule has 1 aliphatic rings. The maximum atomic E-state index is 11.8. The standard InChI is InChI=1S/C16H20N4O3/c1-19-15(21)8-11-9-20(7-5-12(11)18-19)10-13-16(23-3)14(22-2)4-6-17-13/h4,6,8H,5,7,9-10H2,1-3H3. The Morgan fingerprint density at radius 1 is 1.30 bits per heavy atom. The van der Waals surface area contributed by atoms with E-state index in [9.17, 15) is 4.79 Å². The highest BCUT2D eigenvalue weighted by molar-refractivity contribution is 5.42. The lowest BCUT2D eigenvalue weighted by Crippen LogP contribution is -2.34. The van der Waals surface area contributed by atoms with Crippen LogP contribution in [-0.2, 0) is 26.6 Å². The molecule has 0 atom stereocenters. The topological polar surface area (TPSA) is 69.5 Å². The molecule has 0 aliphatic carbocycles. The Kier molecular flexibility index (Phi) is 4.29. The highest BCUT2D eigenvalue weighted by atomic mass is 16.5. The van der Waals surface area contributed by atoms with Gasteiger partial charge in [-0.1, -0.05) is 0 Å². The molecule has 0 amide bonds. The number of rotatable bonds is 4. The predicted molar refractivity (Wildman–Crippen MR) is 84.6 cm³/mol. The summed E-state index contributed by atoms with van der Waals surface area (Å²) in [5, 5.41) is 4.33. The molecule has 0 saturated heterocycles. The van der Waals surface area contributed by atoms with Gasteiger partial charge in [0.2, 0.25) is 0 Å². The maximum Gasteiger partial charge on any atom is 0.266 e. The first-order valence-corrected chi connectivity index (χ1v) is 7.46. The zero-order valence-corrected chi connectivity index (χ0v) is 13.6. The molecule has 0 spiro atoms. The second kappa shape index (κ2) is 6.37. The first-order chi connectivity index (χ1) is 11.1. The van der Waals surface area contributed by atoms with E-state index in [1.807, 2.05) is 0 Å². The van der Waals surface area contributed by atoms with E-state index in [4.69, 9.17) is 9.47 Å². The first-order valence-electron chi connectivity index (χ1n) is 7.46. The molecule has 0 saturated carbocycles. The van der Waals surface area contributed by atoms with Crippen molar-refractivity contribution in [1.82, 2.24) is 19.7 Å². The molecule has 0 unspecified atom stereocenters. The Hall–Kier alpha value is -2.41. The van der Waals surface area contributed by atoms with Crippen molar-refractivity contribution in [2.24, 2.45) is 7.05 Å². The normalized spacial score (nSPS) is 14.4. The van der Waals surface area contributed by atoms with E-state index in [-0.39, 0.29) is 5.56 Å². The fourth-order valence-corrected chi connectivity index (χ4v) is 2.86. The van der Waals surface area contributed by atoms with Crippen LogP contribution < -0.4 is 15.0 Å². The number of ether oxygens (including phenoxy) is 2. The van der Waals surface area contributed by atoms with Crippen molar-refractivity contribution < 1.29 is 9.47 Å². The van der Waals surface area contributed by atoms with Gasteiger partial charge in [-0.05, 0) is 5.56 Å². The summed E-state index contributed by atoms with van der Waals surface area (Å²) >= 11 is 0. The third-order valence-electron chi connectivity index (χ3n) is 4.06. The van der Waals surface area contributed by atoms with Gasteiger partial charge in [0.25, 0.3) is 5.56 Å². The van der Waals surface area contributed by atoms with Crippen LogP contribution in [0.4, 0.5) is 0 Å². The van der Waals surface area contributed by atoms with Crippen molar-refractivity contribution >= 4 is 0 Å². The van der Waals surface area contributed by atoms with E-state index in [2.05, 4.69) is 15.0 Å². The summed E-state index contributed by atoms with van der Waals surface area (Å²) in [5.41, 5.74) is 2.73. The molecule has 2 aromatic rings. The number of aryl methyl sites for hydroxylation is 1. The second-order valence-electron chi connectivity index (χ2n) is 5.53. The Balaban J connectivity index is 1.83. The lowest BCUT2D eigenvalue weighted by molar-refractivity contribution is 0.233. The zero-order valence-electron chi connectivity index (χ0n) is 13.6. The van der Waals surface area contributed by atoms with Crippen LogP contribution in [0.15, 0.2) is 23.1 Å². The van der Waals surface area contributed by atoms with E-state index in [0.29, 0.717) is 24.6 Å². The van der Waals surface area contributed by atoms with E-state index >= 15 is 0 Å². The largest absolute Gasteiger partial charge is 0.493 e. The summed E-state index contributed by atoms with van der Waals surface area (Å²) < 4.78 is 12.1. The van der Waals surface area contributed by atoms with Gasteiger partial charge in [0.15, 0.2) is 11.5 Å². The van der Waals surface area contributed by atoms with Crippen molar-refractivity contribution in [1.29, 1.82) is 0 Å². The van der Waals surface area contributed by atoms with Crippen LogP contribution in [0, 0.1) is 0 Å². The third-order valence-corrected chi connectivity index (χ3v) is 4.06. The fraction of sp³-hybridized carbons (Fsp3) is 0.438. The third kappa shape index (κ3) is 3.05. The van der Waals surface area contributed by atoms with Crippen LogP contribution in [0.2, 0.25) is 0 Å². The number of hydrogen-bond donors (Lipinski definition) is 0. The number of methoxy groups -OCH3 is 2. The molecule has 0 fully saturated rings. The molecule has 122 valence electrons. The average molecular weight is 316 g/mol. The molecule has 2 aromatic heterocycles. The molecule has 7 nitrogen and oxygen atoms in total. The van der Waals surface area contributed by atoms with Crippen LogP contribution in [0.5, 0.6) is 11.5 Å². The molecule has 0 N–H and O–H groups in total. The zero-order chi connectivity index (χ0) is 16.4. The summed E-state index contributed by atoms with van der Waals surface area (Å²) in [6.45, 7) is 2.18. The smallest absolute Gasteiger partial charge is 0.266 e. The van der Waals surface area contributed by atoms with Crippen molar-refractivity contribution in [3.8, 4) is 11.5 Å². The summed E-state index contributed by atoms with van der Waals surface area (Å²) in [6, 6.07) is 3.45. The van der Waals surface area contributed by atoms with Gasteiger partial charge in [0, 0.05) is 51.4 Å². The van der Waals surface area contributed by atoms with Crippen LogP contribution in [0.1, 0.15) is 17.0 Å². The minimum Gasteiger partial charge on any atom is -0.493 e. The highest BCUT2D eigenvalue weighted by Crippen LogP contribution is 2.30. The highest BCUT2D eigenvalue weighted by Gasteiger charge is 2.21. The fourth-order valence-electron chi connectivity index (χ4n) is 2.86. The monoisotopic (exact) mass is 316 g/mol. The number of fused-ring (bicyclic) bond motifs is 1. The van der Waals surface area contributed by atoms with Gasteiger partial charge in [0.05, 0.1) is 19.9 Å². The van der Waals surface area contributed by atoms with Crippen molar-refractivity contribution in [3.05, 3.63) is 45.6 Å². The van der Waals surface area contributed by atoms with E-state index < -0.39 is 0 Å². The maximum absolute atomic E-state index is 11.8. The molecule has 7 heteroatoms. The van der Waals surface area contributed by atoms with Gasteiger partial charge in [-0.2, -0.15) is 5.10 Å². The number of pyridine rings is 1. The van der Waals surface area contributed by atoms with Gasteiger partial charge in [-0.25, -0.2) is 4.68 Å². The summed E-state index contributed by atoms with van der Waals surface area (Å²) in [6.07, 6.45) is 2.53. The molecule has 23 heavy (non-hydrogen) atoms. The van der Waals surface area contributed by atoms with Crippen molar-refractivity contribution in [2.75, 3.05) is 20.8 Å². The molecule has 0 radical (unpaired) electrons. The Labute approximate surface area is 134 Å². The van der Waals surface area contributed by atoms with Gasteiger partial charge in [-0.15, -0.1) is 0 Å². The van der Waals surface area contributed by atoms with Gasteiger partial charge >= 0.3 is 0 Å². The minimum absolute atomic E-state index is 0.0808. The minimum atomic E-state index is -0.0808. The quantitative estimate of drug-likeness (QED) is 0.829. The van der Waals surface area contributed by atoms with Crippen LogP contribution in [-0.4, -0.2) is 40.4 Å². The SMILES string of the molecule is COc1ccnc(CN2CCc3nn(C)c(=O)cc3C2)c1OC. The number of hydrogen-bond acceptors (Lipinski definition) is 6. The van der Waals surface area contributed by atoms with E-state index in [1.165, 1.54) is 4.68 Å². The lowest BCUT2D eigenvalue weighted by Gasteiger charge is -2.28. The molecule has 3 heterocycles. The van der Waals surface area contributed by atoms with E-state index in [1.54, 1.807) is 39.6 Å². The molecular formula is C16H20N4O3. The summed E-state index contributed by atoms with van der Waals surface area (Å²) in [5.74, 6) is 1.33. The van der Waals surface area contributed by atoms with Crippen molar-refractivity contribution in [2.45, 2.75) is 19.5 Å². The molecule has 0 aromatic carbocycles. The number of nitrogens with zero attached hydrogens (tertiary/aromatic N) is 4. The van der Waals surface area contributed by atoms with Crippen molar-refractivity contribution in [3.63, 3.8) is 0 Å². The molecule has 1 aliphatic heterocycles. The lowest BCUT2D eigenvalue weighted by atomic mass is 10.1. The average Bonchev–Trinajstić information content (AvgIpc) is 2.56. The molecular weight excluding hydrogens is 296 g/mol. The molecule has 0 bridgehead atoms. The first kappa shape index (κ1) is 15.5. The Morgan fingerprint density at radius 2 is 2.13 bits per heavy atom. The summed E-state index contributed by atoms with van der Waals surface area (Å²) in [4.78, 5) is 18.4. The van der Waals surface area contributed by atoms with Gasteiger partial charge in [0.1, 0.15) is 5.69 Å². The van der Waals surface area contributed by atoms with Crippen LogP contribution in [0.25, 0.3) is 0 Å². The molecule has 3 rings (SSSR count). The van der Waals surface area contributed by atoms with Crippen LogP contribution >= 0.6 is 0 Å². The summed E-state index contributed by atoms with van der Waals surface area (Å²) in [7, 11) is 4.91. The van der Waals surface area contributed by atoms with Gasteiger partial charge < -0.3 is 9.47 Å². The Bertz CT molecular complexity index is 772. The predicted octanol–water partition coefficient (Wildman–Crippen LogP) is 0.751. The Morgan fingerprint density at radius 3 is 2.87 bits per heavy atom.